The maximum atomic E-state index is 9.72. The van der Waals surface area contributed by atoms with E-state index in [1.165, 1.54) is 0 Å². The van der Waals surface area contributed by atoms with Crippen molar-refractivity contribution in [3.8, 4) is 0 Å². The summed E-state index contributed by atoms with van der Waals surface area (Å²) in [7, 11) is 0. The van der Waals surface area contributed by atoms with Crippen molar-refractivity contribution in [2.45, 2.75) is 0 Å². The number of aromatic amines is 1. The maximum absolute atomic E-state index is 9.72. The van der Waals surface area contributed by atoms with Crippen molar-refractivity contribution in [3.63, 3.8) is 0 Å². The molecule has 0 bridgehead atoms. The first-order chi connectivity index (χ1) is 7.84. The number of aromatic nitrogens is 4. The van der Waals surface area contributed by atoms with Gasteiger partial charge in [-0.05, 0) is 0 Å². The standard InChI is InChI=1S/C9H8N6O/c16-15-6-14(7-1-3-10-4-2-7)5-8-9(15)12-13-11-8/h1-5,16H,6H2/p+1. The number of nitrogens with zero attached hydrogens (tertiary/aromatic N) is 5. The van der Waals surface area contributed by atoms with E-state index in [1.807, 2.05) is 22.9 Å². The highest BCUT2D eigenvalue weighted by atomic mass is 16.5. The lowest BCUT2D eigenvalue weighted by atomic mass is 10.3. The molecule has 16 heavy (non-hydrogen) atoms. The second kappa shape index (κ2) is 3.38. The molecule has 0 aromatic carbocycles. The van der Waals surface area contributed by atoms with Crippen molar-refractivity contribution in [2.75, 3.05) is 11.7 Å². The van der Waals surface area contributed by atoms with Crippen LogP contribution in [0.1, 0.15) is 5.69 Å². The summed E-state index contributed by atoms with van der Waals surface area (Å²) in [5, 5.41) is 21.0. The summed E-state index contributed by atoms with van der Waals surface area (Å²) in [4.78, 5) is 3.94. The van der Waals surface area contributed by atoms with Crippen LogP contribution in [-0.2, 0) is 0 Å². The average molecular weight is 217 g/mol. The lowest BCUT2D eigenvalue weighted by Gasteiger charge is -2.15. The molecule has 0 spiro atoms. The van der Waals surface area contributed by atoms with Gasteiger partial charge in [-0.3, -0.25) is 10.2 Å². The van der Waals surface area contributed by atoms with Crippen molar-refractivity contribution >= 4 is 17.7 Å². The third-order valence-electron chi connectivity index (χ3n) is 2.36. The van der Waals surface area contributed by atoms with Crippen LogP contribution in [0.15, 0.2) is 24.5 Å². The van der Waals surface area contributed by atoms with Gasteiger partial charge >= 0.3 is 0 Å². The molecule has 80 valence electrons. The van der Waals surface area contributed by atoms with Gasteiger partial charge in [0.2, 0.25) is 24.4 Å². The van der Waals surface area contributed by atoms with Crippen LogP contribution >= 0.6 is 0 Å². The van der Waals surface area contributed by atoms with E-state index >= 15 is 0 Å². The van der Waals surface area contributed by atoms with Crippen molar-refractivity contribution in [3.05, 3.63) is 30.2 Å². The molecule has 2 aromatic heterocycles. The Kier molecular flexibility index (Phi) is 1.90. The lowest BCUT2D eigenvalue weighted by Crippen LogP contribution is -2.32. The number of anilines is 1. The molecule has 0 radical (unpaired) electrons. The highest BCUT2D eigenvalue weighted by Crippen LogP contribution is 2.19. The van der Waals surface area contributed by atoms with Gasteiger partial charge in [0.05, 0.1) is 0 Å². The molecule has 0 saturated carbocycles. The number of hydrogen-bond donors (Lipinski definition) is 2. The van der Waals surface area contributed by atoms with E-state index in [1.54, 1.807) is 12.4 Å². The Labute approximate surface area is 90.6 Å². The predicted molar refractivity (Wildman–Crippen MR) is 54.8 cm³/mol. The zero-order chi connectivity index (χ0) is 11.0. The Morgan fingerprint density at radius 2 is 2.12 bits per heavy atom. The molecule has 2 aromatic rings. The van der Waals surface area contributed by atoms with Gasteiger partial charge in [-0.15, -0.1) is 10.2 Å². The van der Waals surface area contributed by atoms with Crippen LogP contribution in [0, 0.1) is 0 Å². The monoisotopic (exact) mass is 217 g/mol. The molecule has 3 rings (SSSR count). The number of pyridine rings is 1. The molecule has 3 heterocycles. The summed E-state index contributed by atoms with van der Waals surface area (Å²) in [6, 6.07) is 3.71. The van der Waals surface area contributed by atoms with Crippen LogP contribution in [0.4, 0.5) is 11.5 Å². The fourth-order valence-electron chi connectivity index (χ4n) is 1.60. The van der Waals surface area contributed by atoms with Gasteiger partial charge in [0, 0.05) is 24.5 Å². The summed E-state index contributed by atoms with van der Waals surface area (Å²) in [5.74, 6) is 0.435. The summed E-state index contributed by atoms with van der Waals surface area (Å²) < 4.78 is 1.85. The van der Waals surface area contributed by atoms with Gasteiger partial charge in [-0.1, -0.05) is 0 Å². The van der Waals surface area contributed by atoms with Crippen LogP contribution in [0.25, 0.3) is 0 Å². The number of hydrogen-bond acceptors (Lipinski definition) is 5. The quantitative estimate of drug-likeness (QED) is 0.663. The minimum absolute atomic E-state index is 0.309. The van der Waals surface area contributed by atoms with E-state index < -0.39 is 0 Å². The van der Waals surface area contributed by atoms with E-state index in [-0.39, 0.29) is 0 Å². The molecule has 1 aliphatic heterocycles. The molecule has 0 unspecified atom stereocenters. The first kappa shape index (κ1) is 8.98. The molecule has 7 heteroatoms. The number of H-pyrrole nitrogens is 1. The van der Waals surface area contributed by atoms with Crippen molar-refractivity contribution in [1.29, 1.82) is 0 Å². The largest absolute Gasteiger partial charge is 0.281 e. The molecule has 1 aliphatic rings. The van der Waals surface area contributed by atoms with E-state index in [0.717, 1.165) is 10.8 Å². The molecule has 7 nitrogen and oxygen atoms in total. The Hall–Kier alpha value is -2.28. The molecular formula is C9H9N6O+. The summed E-state index contributed by atoms with van der Waals surface area (Å²) >= 11 is 0. The van der Waals surface area contributed by atoms with Crippen LogP contribution in [0.2, 0.25) is 0 Å². The topological polar surface area (TPSA) is 80.9 Å². The molecule has 0 atom stereocenters. The molecule has 2 N–H and O–H groups in total. The van der Waals surface area contributed by atoms with E-state index in [2.05, 4.69) is 20.4 Å². The fourth-order valence-corrected chi connectivity index (χ4v) is 1.60. The molecule has 0 aliphatic carbocycles. The van der Waals surface area contributed by atoms with Crippen molar-refractivity contribution < 1.29 is 9.78 Å². The van der Waals surface area contributed by atoms with Crippen LogP contribution in [-0.4, -0.2) is 43.1 Å². The van der Waals surface area contributed by atoms with Crippen LogP contribution in [0.3, 0.4) is 0 Å². The van der Waals surface area contributed by atoms with Gasteiger partial charge in [-0.2, -0.15) is 14.9 Å². The van der Waals surface area contributed by atoms with Crippen molar-refractivity contribution in [2.24, 2.45) is 0 Å². The first-order valence-electron chi connectivity index (χ1n) is 4.73. The highest BCUT2D eigenvalue weighted by Gasteiger charge is 2.26. The Bertz CT molecular complexity index is 534. The average Bonchev–Trinajstić information content (AvgIpc) is 2.79. The summed E-state index contributed by atoms with van der Waals surface area (Å²) in [5.41, 5.74) is 1.54. The second-order valence-corrected chi connectivity index (χ2v) is 3.38. The molecule has 0 fully saturated rings. The molecule has 0 amide bonds. The fraction of sp³-hybridized carbons (Fsp3) is 0.111. The predicted octanol–water partition coefficient (Wildman–Crippen LogP) is 0.129. The molecule has 0 saturated heterocycles. The van der Waals surface area contributed by atoms with Crippen LogP contribution in [0.5, 0.6) is 0 Å². The van der Waals surface area contributed by atoms with Gasteiger partial charge < -0.3 is 0 Å². The molecular weight excluding hydrogens is 208 g/mol. The van der Waals surface area contributed by atoms with Gasteiger partial charge in [-0.25, -0.2) is 0 Å². The number of rotatable bonds is 1. The first-order valence-corrected chi connectivity index (χ1v) is 4.73. The van der Waals surface area contributed by atoms with Gasteiger partial charge in [0.15, 0.2) is 5.69 Å². The number of nitrogens with one attached hydrogen (secondary N) is 1. The van der Waals surface area contributed by atoms with E-state index in [0.29, 0.717) is 18.2 Å². The zero-order valence-electron chi connectivity index (χ0n) is 8.28. The van der Waals surface area contributed by atoms with E-state index in [9.17, 15) is 5.21 Å². The Morgan fingerprint density at radius 3 is 2.94 bits per heavy atom. The SMILES string of the molecule is ON1C[N+](c2ccncc2)=Cc2n[nH]nc21. The van der Waals surface area contributed by atoms with E-state index in [4.69, 9.17) is 0 Å². The Balaban J connectivity index is 2.07. The minimum atomic E-state index is 0.309. The maximum Gasteiger partial charge on any atom is 0.248 e. The second-order valence-electron chi connectivity index (χ2n) is 3.38. The van der Waals surface area contributed by atoms with Crippen LogP contribution < -0.4 is 5.06 Å². The smallest absolute Gasteiger partial charge is 0.248 e. The highest BCUT2D eigenvalue weighted by molar-refractivity contribution is 5.81. The third kappa shape index (κ3) is 1.34. The number of fused-ring (bicyclic) bond motifs is 1. The zero-order valence-corrected chi connectivity index (χ0v) is 8.28. The summed E-state index contributed by atoms with van der Waals surface area (Å²) in [6.45, 7) is 0.309. The third-order valence-corrected chi connectivity index (χ3v) is 2.36. The van der Waals surface area contributed by atoms with Crippen molar-refractivity contribution in [1.82, 2.24) is 20.4 Å². The summed E-state index contributed by atoms with van der Waals surface area (Å²) in [6.07, 6.45) is 5.22. The minimum Gasteiger partial charge on any atom is -0.281 e. The number of hydroxylamine groups is 1. The lowest BCUT2D eigenvalue weighted by molar-refractivity contribution is -0.444. The van der Waals surface area contributed by atoms with Gasteiger partial charge in [0.1, 0.15) is 0 Å². The van der Waals surface area contributed by atoms with Gasteiger partial charge in [0.25, 0.3) is 0 Å². The normalized spacial score (nSPS) is 14.6. The Morgan fingerprint density at radius 1 is 1.31 bits per heavy atom.